The normalized spacial score (nSPS) is 9.20. The number of hydrogen-bond acceptors (Lipinski definition) is 3. The fraction of sp³-hybridized carbons (Fsp3) is 0.143. The van der Waals surface area contributed by atoms with E-state index in [0.29, 0.717) is 6.54 Å². The number of hydrogen-bond donors (Lipinski definition) is 1. The quantitative estimate of drug-likeness (QED) is 0.455. The van der Waals surface area contributed by atoms with Crippen LogP contribution in [0.5, 0.6) is 0 Å². The van der Waals surface area contributed by atoms with Gasteiger partial charge in [0.05, 0.1) is 6.07 Å². The van der Waals surface area contributed by atoms with E-state index in [2.05, 4.69) is 11.9 Å². The van der Waals surface area contributed by atoms with Crippen LogP contribution in [0.15, 0.2) is 24.4 Å². The van der Waals surface area contributed by atoms with Crippen LogP contribution in [0.4, 0.5) is 0 Å². The number of rotatable bonds is 3. The number of allylic oxidation sites excluding steroid dienone is 2. The van der Waals surface area contributed by atoms with Crippen LogP contribution in [0.1, 0.15) is 0 Å². The number of nitrogens with zero attached hydrogens (tertiary/aromatic N) is 2. The highest BCUT2D eigenvalue weighted by atomic mass is 14.9. The molecule has 0 aliphatic rings. The van der Waals surface area contributed by atoms with E-state index < -0.39 is 0 Å². The maximum Gasteiger partial charge on any atom is 0.124 e. The average Bonchev–Trinajstić information content (AvgIpc) is 1.98. The molecule has 0 radical (unpaired) electrons. The van der Waals surface area contributed by atoms with Gasteiger partial charge in [0.1, 0.15) is 11.8 Å². The molecule has 3 heteroatoms. The van der Waals surface area contributed by atoms with Gasteiger partial charge in [0, 0.05) is 12.6 Å². The molecule has 50 valence electrons. The first-order valence-corrected chi connectivity index (χ1v) is 2.69. The van der Waals surface area contributed by atoms with Crippen LogP contribution in [0.3, 0.4) is 0 Å². The molecular weight excluding hydrogens is 126 g/mol. The maximum atomic E-state index is 8.32. The van der Waals surface area contributed by atoms with E-state index in [1.165, 1.54) is 0 Å². The van der Waals surface area contributed by atoms with Gasteiger partial charge in [-0.25, -0.2) is 0 Å². The Balaban J connectivity index is 3.89. The SMILES string of the molecule is C=CCN/C(C#N)=C/C#N. The van der Waals surface area contributed by atoms with E-state index in [1.807, 2.05) is 6.07 Å². The van der Waals surface area contributed by atoms with E-state index in [0.717, 1.165) is 6.08 Å². The van der Waals surface area contributed by atoms with Gasteiger partial charge in [-0.2, -0.15) is 10.5 Å². The summed E-state index contributed by atoms with van der Waals surface area (Å²) in [5.41, 5.74) is 0.266. The van der Waals surface area contributed by atoms with Gasteiger partial charge < -0.3 is 5.32 Å². The van der Waals surface area contributed by atoms with Crippen molar-refractivity contribution in [2.24, 2.45) is 0 Å². The van der Waals surface area contributed by atoms with Gasteiger partial charge in [-0.05, 0) is 0 Å². The van der Waals surface area contributed by atoms with Crippen LogP contribution in [0, 0.1) is 22.7 Å². The molecule has 0 saturated heterocycles. The molecule has 0 atom stereocenters. The van der Waals surface area contributed by atoms with Gasteiger partial charge in [-0.1, -0.05) is 6.08 Å². The van der Waals surface area contributed by atoms with Gasteiger partial charge >= 0.3 is 0 Å². The lowest BCUT2D eigenvalue weighted by molar-refractivity contribution is 0.941. The lowest BCUT2D eigenvalue weighted by Gasteiger charge is -1.95. The van der Waals surface area contributed by atoms with Crippen LogP contribution in [-0.4, -0.2) is 6.54 Å². The van der Waals surface area contributed by atoms with Gasteiger partial charge in [0.2, 0.25) is 0 Å². The van der Waals surface area contributed by atoms with E-state index in [1.54, 1.807) is 12.1 Å². The van der Waals surface area contributed by atoms with E-state index in [-0.39, 0.29) is 5.70 Å². The molecule has 10 heavy (non-hydrogen) atoms. The van der Waals surface area contributed by atoms with Crippen molar-refractivity contribution >= 4 is 0 Å². The van der Waals surface area contributed by atoms with Crippen LogP contribution in [-0.2, 0) is 0 Å². The smallest absolute Gasteiger partial charge is 0.124 e. The van der Waals surface area contributed by atoms with Crippen molar-refractivity contribution < 1.29 is 0 Å². The molecular formula is C7H7N3. The summed E-state index contributed by atoms with van der Waals surface area (Å²) in [4.78, 5) is 0. The zero-order chi connectivity index (χ0) is 7.82. The molecule has 3 nitrogen and oxygen atoms in total. The molecule has 0 bridgehead atoms. The van der Waals surface area contributed by atoms with Gasteiger partial charge in [0.25, 0.3) is 0 Å². The second-order valence-electron chi connectivity index (χ2n) is 1.47. The summed E-state index contributed by atoms with van der Waals surface area (Å²) in [6, 6.07) is 3.56. The van der Waals surface area contributed by atoms with Crippen molar-refractivity contribution in [3.63, 3.8) is 0 Å². The van der Waals surface area contributed by atoms with Crippen LogP contribution in [0.2, 0.25) is 0 Å². The van der Waals surface area contributed by atoms with Gasteiger partial charge in [-0.15, -0.1) is 6.58 Å². The summed E-state index contributed by atoms with van der Waals surface area (Å²) < 4.78 is 0. The van der Waals surface area contributed by atoms with Crippen molar-refractivity contribution in [3.05, 3.63) is 24.4 Å². The number of nitriles is 2. The molecule has 1 N–H and O–H groups in total. The predicted molar refractivity (Wildman–Crippen MR) is 37.5 cm³/mol. The summed E-state index contributed by atoms with van der Waals surface area (Å²) in [5, 5.41) is 19.1. The highest BCUT2D eigenvalue weighted by Crippen LogP contribution is 1.82. The summed E-state index contributed by atoms with van der Waals surface area (Å²) in [5.74, 6) is 0. The third-order valence-electron chi connectivity index (χ3n) is 0.766. The third-order valence-corrected chi connectivity index (χ3v) is 0.766. The zero-order valence-electron chi connectivity index (χ0n) is 5.46. The molecule has 0 unspecified atom stereocenters. The first-order valence-electron chi connectivity index (χ1n) is 2.69. The maximum absolute atomic E-state index is 8.32. The van der Waals surface area contributed by atoms with E-state index in [4.69, 9.17) is 10.5 Å². The second-order valence-corrected chi connectivity index (χ2v) is 1.47. The fourth-order valence-electron chi connectivity index (χ4n) is 0.370. The Kier molecular flexibility index (Phi) is 4.46. The van der Waals surface area contributed by atoms with E-state index >= 15 is 0 Å². The Bertz CT molecular complexity index is 214. The van der Waals surface area contributed by atoms with Crippen molar-refractivity contribution in [2.45, 2.75) is 0 Å². The molecule has 0 heterocycles. The zero-order valence-corrected chi connectivity index (χ0v) is 5.46. The third kappa shape index (κ3) is 3.29. The Morgan fingerprint density at radius 3 is 2.70 bits per heavy atom. The number of nitrogens with one attached hydrogen (secondary N) is 1. The van der Waals surface area contributed by atoms with Gasteiger partial charge in [0.15, 0.2) is 0 Å². The average molecular weight is 133 g/mol. The largest absolute Gasteiger partial charge is 0.372 e. The Labute approximate surface area is 59.9 Å². The van der Waals surface area contributed by atoms with E-state index in [9.17, 15) is 0 Å². The van der Waals surface area contributed by atoms with Crippen molar-refractivity contribution in [3.8, 4) is 12.1 Å². The molecule has 0 spiro atoms. The summed E-state index contributed by atoms with van der Waals surface area (Å²) >= 11 is 0. The second kappa shape index (κ2) is 5.40. The van der Waals surface area contributed by atoms with Crippen LogP contribution in [0.25, 0.3) is 0 Å². The molecule has 0 saturated carbocycles. The lowest BCUT2D eigenvalue weighted by atomic mass is 10.4. The summed E-state index contributed by atoms with van der Waals surface area (Å²) in [6.07, 6.45) is 2.77. The molecule has 0 aromatic rings. The molecule has 0 amide bonds. The topological polar surface area (TPSA) is 59.6 Å². The first kappa shape index (κ1) is 8.26. The summed E-state index contributed by atoms with van der Waals surface area (Å²) in [6.45, 7) is 3.95. The van der Waals surface area contributed by atoms with Crippen molar-refractivity contribution in [1.82, 2.24) is 5.32 Å². The van der Waals surface area contributed by atoms with Crippen molar-refractivity contribution in [2.75, 3.05) is 6.54 Å². The van der Waals surface area contributed by atoms with Crippen LogP contribution >= 0.6 is 0 Å². The molecule has 0 aromatic heterocycles. The fourth-order valence-corrected chi connectivity index (χ4v) is 0.370. The minimum absolute atomic E-state index is 0.266. The Hall–Kier alpha value is -1.74. The standard InChI is InChI=1S/C7H7N3/c1-2-5-10-7(6-9)3-4-8/h2-3,10H,1,5H2/b7-3+. The highest BCUT2D eigenvalue weighted by Gasteiger charge is 1.87. The molecule has 0 aliphatic heterocycles. The molecule has 0 aliphatic carbocycles. The molecule has 0 fully saturated rings. The predicted octanol–water partition coefficient (Wildman–Crippen LogP) is 0.693. The van der Waals surface area contributed by atoms with Crippen LogP contribution < -0.4 is 5.32 Å². The Morgan fingerprint density at radius 1 is 1.60 bits per heavy atom. The highest BCUT2D eigenvalue weighted by molar-refractivity contribution is 5.24. The first-order chi connectivity index (χ1) is 4.85. The monoisotopic (exact) mass is 133 g/mol. The van der Waals surface area contributed by atoms with Gasteiger partial charge in [-0.3, -0.25) is 0 Å². The minimum Gasteiger partial charge on any atom is -0.372 e. The molecule has 0 rings (SSSR count). The summed E-state index contributed by atoms with van der Waals surface area (Å²) in [7, 11) is 0. The minimum atomic E-state index is 0.266. The molecule has 0 aromatic carbocycles. The van der Waals surface area contributed by atoms with Crippen molar-refractivity contribution in [1.29, 1.82) is 10.5 Å². The lowest BCUT2D eigenvalue weighted by Crippen LogP contribution is -2.10. The Morgan fingerprint density at radius 2 is 2.30 bits per heavy atom.